The molecule has 0 aliphatic heterocycles. The SMILES string of the molecule is [N-]=[N+]=NC(=O)OCCOC(=O)c1c(Br)c(Br)c(Br)c(Br)c1C(=O)OCCOC(=O)N=[N+]=[N-]. The molecule has 0 bridgehead atoms. The van der Waals surface area contributed by atoms with Crippen LogP contribution in [-0.2, 0) is 18.9 Å². The summed E-state index contributed by atoms with van der Waals surface area (Å²) in [5, 5.41) is 5.36. The number of azide groups is 2. The number of carbonyl (C=O) groups excluding carboxylic acids is 4. The van der Waals surface area contributed by atoms with Crippen molar-refractivity contribution in [3.05, 3.63) is 49.9 Å². The van der Waals surface area contributed by atoms with Gasteiger partial charge in [-0.2, -0.15) is 0 Å². The minimum Gasteiger partial charge on any atom is -0.458 e. The Balaban J connectivity index is 3.00. The normalized spacial score (nSPS) is 9.62. The van der Waals surface area contributed by atoms with Crippen molar-refractivity contribution in [3.63, 3.8) is 0 Å². The number of halogens is 4. The Morgan fingerprint density at radius 2 is 0.938 bits per heavy atom. The minimum absolute atomic E-state index is 0.144. The zero-order valence-electron chi connectivity index (χ0n) is 15.3. The van der Waals surface area contributed by atoms with E-state index in [1.807, 2.05) is 0 Å². The summed E-state index contributed by atoms with van der Waals surface area (Å²) < 4.78 is 20.0. The predicted octanol–water partition coefficient (Wildman–Crippen LogP) is 5.94. The van der Waals surface area contributed by atoms with Crippen LogP contribution in [0.2, 0.25) is 0 Å². The third kappa shape index (κ3) is 7.96. The van der Waals surface area contributed by atoms with Crippen LogP contribution in [0.5, 0.6) is 0 Å². The van der Waals surface area contributed by atoms with E-state index in [1.165, 1.54) is 0 Å². The van der Waals surface area contributed by atoms with Crippen molar-refractivity contribution >= 4 is 87.8 Å². The van der Waals surface area contributed by atoms with E-state index < -0.39 is 50.6 Å². The Bertz CT molecular complexity index is 958. The number of hydrogen-bond acceptors (Lipinski definition) is 8. The summed E-state index contributed by atoms with van der Waals surface area (Å²) in [5.74, 6) is -1.96. The van der Waals surface area contributed by atoms with Gasteiger partial charge in [-0.1, -0.05) is 0 Å². The number of amides is 2. The van der Waals surface area contributed by atoms with Crippen LogP contribution in [0, 0.1) is 0 Å². The number of esters is 2. The van der Waals surface area contributed by atoms with Crippen LogP contribution in [-0.4, -0.2) is 50.6 Å². The first-order chi connectivity index (χ1) is 15.1. The fraction of sp³-hybridized carbons (Fsp3) is 0.286. The van der Waals surface area contributed by atoms with Crippen molar-refractivity contribution < 1.29 is 38.1 Å². The standard InChI is InChI=1S/C14H8Br4N6O8/c15-7-5(11(25)29-1-3-31-13(27)21-23-19)6(8(16)10(18)9(7)17)12(26)30-2-4-32-14(28)22-24-20/h1-4H2. The zero-order valence-corrected chi connectivity index (χ0v) is 21.6. The molecule has 0 saturated carbocycles. The Labute approximate surface area is 211 Å². The summed E-state index contributed by atoms with van der Waals surface area (Å²) in [6.07, 6.45) is -2.41. The minimum atomic E-state index is -1.20. The summed E-state index contributed by atoms with van der Waals surface area (Å²) in [5.41, 5.74) is 15.8. The molecule has 18 heteroatoms. The van der Waals surface area contributed by atoms with Crippen molar-refractivity contribution in [1.29, 1.82) is 0 Å². The molecule has 0 unspecified atom stereocenters. The lowest BCUT2D eigenvalue weighted by molar-refractivity contribution is 0.0366. The van der Waals surface area contributed by atoms with Gasteiger partial charge in [0.1, 0.15) is 26.4 Å². The summed E-state index contributed by atoms with van der Waals surface area (Å²) in [4.78, 5) is 51.6. The highest BCUT2D eigenvalue weighted by atomic mass is 79.9. The highest BCUT2D eigenvalue weighted by Gasteiger charge is 2.30. The summed E-state index contributed by atoms with van der Waals surface area (Å²) >= 11 is 12.9. The molecule has 14 nitrogen and oxygen atoms in total. The maximum Gasteiger partial charge on any atom is 0.396 e. The molecular weight excluding hydrogens is 700 g/mol. The van der Waals surface area contributed by atoms with Gasteiger partial charge in [0.05, 0.1) is 11.1 Å². The number of benzene rings is 1. The van der Waals surface area contributed by atoms with E-state index in [9.17, 15) is 19.2 Å². The molecule has 32 heavy (non-hydrogen) atoms. The van der Waals surface area contributed by atoms with E-state index in [0.717, 1.165) is 0 Å². The zero-order chi connectivity index (χ0) is 24.3. The number of hydrogen-bond donors (Lipinski definition) is 0. The van der Waals surface area contributed by atoms with Gasteiger partial charge in [-0.25, -0.2) is 19.2 Å². The fourth-order valence-electron chi connectivity index (χ4n) is 1.82. The molecule has 0 heterocycles. The number of nitrogens with zero attached hydrogens (tertiary/aromatic N) is 6. The average molecular weight is 708 g/mol. The Morgan fingerprint density at radius 1 is 0.625 bits per heavy atom. The first-order valence-corrected chi connectivity index (χ1v) is 11.0. The van der Waals surface area contributed by atoms with Crippen LogP contribution in [0.1, 0.15) is 20.7 Å². The molecule has 0 aromatic heterocycles. The molecule has 0 N–H and O–H groups in total. The van der Waals surface area contributed by atoms with Gasteiger partial charge in [-0.15, -0.1) is 0 Å². The molecule has 0 aliphatic carbocycles. The van der Waals surface area contributed by atoms with Gasteiger partial charge in [-0.3, -0.25) is 0 Å². The van der Waals surface area contributed by atoms with E-state index in [4.69, 9.17) is 20.5 Å². The molecule has 0 spiro atoms. The molecular formula is C14H8Br4N6O8. The highest BCUT2D eigenvalue weighted by Crippen LogP contribution is 2.42. The summed E-state index contributed by atoms with van der Waals surface area (Å²) in [7, 11) is 0. The van der Waals surface area contributed by atoms with Crippen LogP contribution in [0.15, 0.2) is 28.1 Å². The Morgan fingerprint density at radius 3 is 1.25 bits per heavy atom. The van der Waals surface area contributed by atoms with Crippen molar-refractivity contribution in [3.8, 4) is 0 Å². The smallest absolute Gasteiger partial charge is 0.396 e. The topological polar surface area (TPSA) is 203 Å². The Hall–Kier alpha value is -2.36. The van der Waals surface area contributed by atoms with Crippen LogP contribution < -0.4 is 0 Å². The molecule has 0 atom stereocenters. The predicted molar refractivity (Wildman–Crippen MR) is 119 cm³/mol. The van der Waals surface area contributed by atoms with Crippen LogP contribution in [0.25, 0.3) is 20.9 Å². The lowest BCUT2D eigenvalue weighted by Crippen LogP contribution is -2.20. The van der Waals surface area contributed by atoms with E-state index in [1.54, 1.807) is 0 Å². The Kier molecular flexibility index (Phi) is 12.0. The highest BCUT2D eigenvalue weighted by molar-refractivity contribution is 9.15. The molecule has 0 fully saturated rings. The molecule has 1 aromatic rings. The summed E-state index contributed by atoms with van der Waals surface area (Å²) in [6.45, 7) is -1.63. The lowest BCUT2D eigenvalue weighted by atomic mass is 10.1. The van der Waals surface area contributed by atoms with Gasteiger partial charge in [0, 0.05) is 37.9 Å². The van der Waals surface area contributed by atoms with E-state index in [0.29, 0.717) is 8.95 Å². The van der Waals surface area contributed by atoms with E-state index in [-0.39, 0.29) is 20.1 Å². The third-order valence-electron chi connectivity index (χ3n) is 3.01. The van der Waals surface area contributed by atoms with Gasteiger partial charge in [0.25, 0.3) is 0 Å². The lowest BCUT2D eigenvalue weighted by Gasteiger charge is -2.16. The molecule has 1 rings (SSSR count). The second-order valence-corrected chi connectivity index (χ2v) is 8.06. The van der Waals surface area contributed by atoms with Crippen molar-refractivity contribution in [2.24, 2.45) is 10.2 Å². The number of carbonyl (C=O) groups is 4. The van der Waals surface area contributed by atoms with Gasteiger partial charge in [0.2, 0.25) is 0 Å². The number of rotatable bonds is 8. The first-order valence-electron chi connectivity index (χ1n) is 7.79. The van der Waals surface area contributed by atoms with Crippen molar-refractivity contribution in [1.82, 2.24) is 0 Å². The van der Waals surface area contributed by atoms with Crippen LogP contribution >= 0.6 is 63.7 Å². The molecule has 0 saturated heterocycles. The average Bonchev–Trinajstić information content (AvgIpc) is 2.75. The van der Waals surface area contributed by atoms with Gasteiger partial charge in [0.15, 0.2) is 0 Å². The summed E-state index contributed by atoms with van der Waals surface area (Å²) in [6, 6.07) is 0. The first kappa shape index (κ1) is 27.7. The van der Waals surface area contributed by atoms with E-state index in [2.05, 4.69) is 93.2 Å². The van der Waals surface area contributed by atoms with Crippen molar-refractivity contribution in [2.45, 2.75) is 0 Å². The fourth-order valence-corrected chi connectivity index (χ4v) is 4.26. The van der Waals surface area contributed by atoms with Gasteiger partial charge < -0.3 is 18.9 Å². The molecule has 1 aromatic carbocycles. The molecule has 0 radical (unpaired) electrons. The maximum atomic E-state index is 12.6. The quantitative estimate of drug-likeness (QED) is 0.0461. The van der Waals surface area contributed by atoms with Gasteiger partial charge in [-0.05, 0) is 74.8 Å². The van der Waals surface area contributed by atoms with Crippen LogP contribution in [0.3, 0.4) is 0 Å². The third-order valence-corrected chi connectivity index (χ3v) is 7.78. The maximum absolute atomic E-state index is 12.6. The number of ether oxygens (including phenoxy) is 4. The van der Waals surface area contributed by atoms with E-state index >= 15 is 0 Å². The molecule has 0 aliphatic rings. The monoisotopic (exact) mass is 704 g/mol. The van der Waals surface area contributed by atoms with Crippen molar-refractivity contribution in [2.75, 3.05) is 26.4 Å². The second kappa shape index (κ2) is 13.9. The molecule has 170 valence electrons. The molecule has 2 amide bonds. The van der Waals surface area contributed by atoms with Gasteiger partial charge >= 0.3 is 24.1 Å². The largest absolute Gasteiger partial charge is 0.458 e. The second-order valence-electron chi connectivity index (χ2n) is 4.89. The van der Waals surface area contributed by atoms with Crippen LogP contribution in [0.4, 0.5) is 9.59 Å².